The van der Waals surface area contributed by atoms with E-state index in [4.69, 9.17) is 5.11 Å². The summed E-state index contributed by atoms with van der Waals surface area (Å²) in [5, 5.41) is 14.3. The van der Waals surface area contributed by atoms with Crippen molar-refractivity contribution in [3.63, 3.8) is 0 Å². The molecule has 0 aromatic heterocycles. The molecule has 3 rings (SSSR count). The van der Waals surface area contributed by atoms with Gasteiger partial charge in [-0.25, -0.2) is 4.39 Å². The van der Waals surface area contributed by atoms with E-state index in [1.54, 1.807) is 0 Å². The summed E-state index contributed by atoms with van der Waals surface area (Å²) in [5.41, 5.74) is 0.306. The lowest BCUT2D eigenvalue weighted by molar-refractivity contribution is -0.148. The monoisotopic (exact) mass is 321 g/mol. The third-order valence-electron chi connectivity index (χ3n) is 4.13. The van der Waals surface area contributed by atoms with Gasteiger partial charge in [-0.15, -0.1) is 0 Å². The largest absolute Gasteiger partial charge is 0.394 e. The summed E-state index contributed by atoms with van der Waals surface area (Å²) in [4.78, 5) is 37.6. The predicted octanol–water partition coefficient (Wildman–Crippen LogP) is -0.984. The summed E-state index contributed by atoms with van der Waals surface area (Å²) in [6.45, 7) is -0.249. The van der Waals surface area contributed by atoms with E-state index in [0.717, 1.165) is 0 Å². The minimum absolute atomic E-state index is 0.209. The summed E-state index contributed by atoms with van der Waals surface area (Å²) < 4.78 is 12.9. The lowest BCUT2D eigenvalue weighted by Gasteiger charge is -2.33. The first-order chi connectivity index (χ1) is 11.0. The van der Waals surface area contributed by atoms with Crippen LogP contribution in [0.15, 0.2) is 24.3 Å². The molecule has 2 saturated heterocycles. The molecular formula is C15H16FN3O4. The summed E-state index contributed by atoms with van der Waals surface area (Å²) >= 11 is 0. The second-order valence-electron chi connectivity index (χ2n) is 5.66. The molecule has 122 valence electrons. The normalized spacial score (nSPS) is 26.7. The smallest absolute Gasteiger partial charge is 0.251 e. The number of hydrogen-bond donors (Lipinski definition) is 3. The summed E-state index contributed by atoms with van der Waals surface area (Å²) in [7, 11) is 0. The van der Waals surface area contributed by atoms with E-state index in [-0.39, 0.29) is 30.3 Å². The number of benzene rings is 1. The van der Waals surface area contributed by atoms with Crippen molar-refractivity contribution in [1.82, 2.24) is 15.5 Å². The van der Waals surface area contributed by atoms with Gasteiger partial charge in [0.25, 0.3) is 5.91 Å². The minimum atomic E-state index is -0.926. The number of fused-ring (bicyclic) bond motifs is 1. The van der Waals surface area contributed by atoms with Gasteiger partial charge in [0.1, 0.15) is 17.9 Å². The van der Waals surface area contributed by atoms with Crippen molar-refractivity contribution in [2.24, 2.45) is 0 Å². The number of aliphatic hydroxyl groups is 1. The van der Waals surface area contributed by atoms with Crippen molar-refractivity contribution >= 4 is 17.7 Å². The van der Waals surface area contributed by atoms with Gasteiger partial charge in [0, 0.05) is 18.2 Å². The number of carbonyl (C=O) groups is 3. The zero-order chi connectivity index (χ0) is 16.6. The van der Waals surface area contributed by atoms with E-state index in [9.17, 15) is 18.8 Å². The Balaban J connectivity index is 1.67. The fraction of sp³-hybridized carbons (Fsp3) is 0.400. The van der Waals surface area contributed by atoms with E-state index < -0.39 is 24.5 Å². The minimum Gasteiger partial charge on any atom is -0.394 e. The van der Waals surface area contributed by atoms with E-state index >= 15 is 0 Å². The molecule has 3 atom stereocenters. The van der Waals surface area contributed by atoms with Gasteiger partial charge in [-0.1, -0.05) is 0 Å². The van der Waals surface area contributed by atoms with Gasteiger partial charge in [0.05, 0.1) is 6.61 Å². The molecule has 23 heavy (non-hydrogen) atoms. The molecular weight excluding hydrogens is 305 g/mol. The van der Waals surface area contributed by atoms with E-state index in [1.807, 2.05) is 0 Å². The van der Waals surface area contributed by atoms with Crippen LogP contribution in [0.25, 0.3) is 0 Å². The van der Waals surface area contributed by atoms with Crippen LogP contribution in [-0.2, 0) is 9.59 Å². The van der Waals surface area contributed by atoms with Crippen LogP contribution in [0.2, 0.25) is 0 Å². The maximum atomic E-state index is 12.9. The number of nitrogens with zero attached hydrogens (tertiary/aromatic N) is 1. The fourth-order valence-corrected chi connectivity index (χ4v) is 2.96. The molecule has 2 fully saturated rings. The first-order valence-corrected chi connectivity index (χ1v) is 7.27. The Morgan fingerprint density at radius 1 is 1.35 bits per heavy atom. The van der Waals surface area contributed by atoms with Crippen LogP contribution < -0.4 is 10.6 Å². The number of carbonyl (C=O) groups excluding carboxylic acids is 3. The van der Waals surface area contributed by atoms with Gasteiger partial charge in [0.15, 0.2) is 0 Å². The van der Waals surface area contributed by atoms with Crippen molar-refractivity contribution in [1.29, 1.82) is 0 Å². The third kappa shape index (κ3) is 2.89. The zero-order valence-corrected chi connectivity index (χ0v) is 12.2. The number of hydrogen-bond acceptors (Lipinski definition) is 4. The van der Waals surface area contributed by atoms with Crippen LogP contribution in [0.1, 0.15) is 16.8 Å². The molecule has 3 N–H and O–H groups in total. The highest BCUT2D eigenvalue weighted by Crippen LogP contribution is 2.23. The maximum absolute atomic E-state index is 12.9. The molecule has 7 nitrogen and oxygen atoms in total. The van der Waals surface area contributed by atoms with Gasteiger partial charge in [-0.3, -0.25) is 14.4 Å². The molecule has 0 bridgehead atoms. The number of aliphatic hydroxyl groups excluding tert-OH is 1. The molecule has 1 aromatic rings. The van der Waals surface area contributed by atoms with Crippen LogP contribution in [0.5, 0.6) is 0 Å². The Labute approximate surface area is 131 Å². The molecule has 0 aliphatic carbocycles. The molecule has 0 radical (unpaired) electrons. The van der Waals surface area contributed by atoms with Gasteiger partial charge < -0.3 is 20.6 Å². The van der Waals surface area contributed by atoms with Crippen LogP contribution in [-0.4, -0.2) is 59.0 Å². The first-order valence-electron chi connectivity index (χ1n) is 7.27. The molecule has 0 saturated carbocycles. The van der Waals surface area contributed by atoms with Gasteiger partial charge in [-0.2, -0.15) is 0 Å². The number of halogens is 1. The van der Waals surface area contributed by atoms with Crippen molar-refractivity contribution < 1.29 is 23.9 Å². The van der Waals surface area contributed by atoms with E-state index in [2.05, 4.69) is 10.6 Å². The number of piperazine rings is 1. The van der Waals surface area contributed by atoms with Crippen molar-refractivity contribution in [2.75, 3.05) is 13.2 Å². The Bertz CT molecular complexity index is 649. The van der Waals surface area contributed by atoms with Gasteiger partial charge in [0.2, 0.25) is 11.8 Å². The van der Waals surface area contributed by atoms with Crippen molar-refractivity contribution in [2.45, 2.75) is 24.5 Å². The molecule has 2 aliphatic rings. The van der Waals surface area contributed by atoms with Crippen LogP contribution in [0.4, 0.5) is 4.39 Å². The van der Waals surface area contributed by atoms with Gasteiger partial charge >= 0.3 is 0 Å². The number of amides is 3. The van der Waals surface area contributed by atoms with Crippen LogP contribution >= 0.6 is 0 Å². The van der Waals surface area contributed by atoms with Gasteiger partial charge in [-0.05, 0) is 30.7 Å². The molecule has 0 spiro atoms. The number of rotatable bonds is 3. The average molecular weight is 321 g/mol. The highest BCUT2D eigenvalue weighted by atomic mass is 19.1. The Hall–Kier alpha value is -2.48. The van der Waals surface area contributed by atoms with Crippen molar-refractivity contribution in [3.05, 3.63) is 35.6 Å². The topological polar surface area (TPSA) is 98.7 Å². The molecule has 1 aromatic carbocycles. The number of nitrogens with one attached hydrogen (secondary N) is 2. The predicted molar refractivity (Wildman–Crippen MR) is 76.8 cm³/mol. The molecule has 3 amide bonds. The maximum Gasteiger partial charge on any atom is 0.251 e. The highest BCUT2D eigenvalue weighted by molar-refractivity contribution is 5.98. The summed E-state index contributed by atoms with van der Waals surface area (Å²) in [6.07, 6.45) is 0.308. The second kappa shape index (κ2) is 5.96. The van der Waals surface area contributed by atoms with Crippen LogP contribution in [0.3, 0.4) is 0 Å². The SMILES string of the molecule is O=C(N[C@H]1C[C@H]2C(=O)N[C@@H](CO)C(=O)N2C1)c1ccc(F)cc1. The molecule has 8 heteroatoms. The second-order valence-corrected chi connectivity index (χ2v) is 5.66. The fourth-order valence-electron chi connectivity index (χ4n) is 2.96. The average Bonchev–Trinajstić information content (AvgIpc) is 2.96. The Morgan fingerprint density at radius 2 is 2.04 bits per heavy atom. The standard InChI is InChI=1S/C15H16FN3O4/c16-9-3-1-8(2-4-9)13(21)17-10-5-12-14(22)18-11(7-20)15(23)19(12)6-10/h1-4,10-12,20H,5-7H2,(H,17,21)(H,18,22)/t10-,11-,12-/m0/s1. The first kappa shape index (κ1) is 15.4. The molecule has 0 unspecified atom stereocenters. The Kier molecular flexibility index (Phi) is 3.99. The van der Waals surface area contributed by atoms with Crippen LogP contribution in [0, 0.1) is 5.82 Å². The third-order valence-corrected chi connectivity index (χ3v) is 4.13. The lowest BCUT2D eigenvalue weighted by atomic mass is 10.1. The van der Waals surface area contributed by atoms with Crippen molar-refractivity contribution in [3.8, 4) is 0 Å². The molecule has 2 aliphatic heterocycles. The quantitative estimate of drug-likeness (QED) is 0.666. The highest BCUT2D eigenvalue weighted by Gasteiger charge is 2.46. The summed E-state index contributed by atoms with van der Waals surface area (Å²) in [5.74, 6) is -1.50. The summed E-state index contributed by atoms with van der Waals surface area (Å²) in [6, 6.07) is 3.18. The van der Waals surface area contributed by atoms with E-state index in [0.29, 0.717) is 12.0 Å². The molecule has 2 heterocycles. The van der Waals surface area contributed by atoms with E-state index in [1.165, 1.54) is 29.2 Å². The Morgan fingerprint density at radius 3 is 2.70 bits per heavy atom. The zero-order valence-electron chi connectivity index (χ0n) is 12.2. The lowest BCUT2D eigenvalue weighted by Crippen LogP contribution is -2.62.